The van der Waals surface area contributed by atoms with Crippen LogP contribution in [0.25, 0.3) is 33.2 Å². The van der Waals surface area contributed by atoms with Crippen molar-refractivity contribution in [3.8, 4) is 28.3 Å². The second-order valence-corrected chi connectivity index (χ2v) is 8.11. The molecule has 0 saturated heterocycles. The molecule has 0 aliphatic carbocycles. The van der Waals surface area contributed by atoms with Crippen LogP contribution in [-0.4, -0.2) is 34.6 Å². The van der Waals surface area contributed by atoms with Crippen molar-refractivity contribution in [1.82, 2.24) is 14.5 Å². The van der Waals surface area contributed by atoms with Gasteiger partial charge in [-0.05, 0) is 67.7 Å². The van der Waals surface area contributed by atoms with Gasteiger partial charge in [-0.3, -0.25) is 4.98 Å². The van der Waals surface area contributed by atoms with Gasteiger partial charge in [0.05, 0.1) is 11.6 Å². The highest BCUT2D eigenvalue weighted by Crippen LogP contribution is 2.33. The van der Waals surface area contributed by atoms with E-state index in [0.29, 0.717) is 11.6 Å². The SMILES string of the molecule is CC(Cn1cc(-c2cncc(-c3ccsc3)c2)c2cc(C#N)ccc21)N(C)C. The fourth-order valence-electron chi connectivity index (χ4n) is 3.37. The van der Waals surface area contributed by atoms with E-state index in [0.717, 1.165) is 34.1 Å². The summed E-state index contributed by atoms with van der Waals surface area (Å²) in [6, 6.07) is 12.9. The number of nitrogens with zero attached hydrogens (tertiary/aromatic N) is 4. The molecular formula is C23H22N4S. The van der Waals surface area contributed by atoms with Crippen molar-refractivity contribution >= 4 is 22.2 Å². The van der Waals surface area contributed by atoms with E-state index in [4.69, 9.17) is 0 Å². The molecule has 1 atom stereocenters. The van der Waals surface area contributed by atoms with E-state index in [1.54, 1.807) is 11.3 Å². The van der Waals surface area contributed by atoms with Gasteiger partial charge in [0.1, 0.15) is 0 Å². The smallest absolute Gasteiger partial charge is 0.0991 e. The van der Waals surface area contributed by atoms with Crippen molar-refractivity contribution in [2.45, 2.75) is 19.5 Å². The second-order valence-electron chi connectivity index (χ2n) is 7.33. The molecule has 4 nitrogen and oxygen atoms in total. The van der Waals surface area contributed by atoms with Gasteiger partial charge in [-0.2, -0.15) is 16.6 Å². The molecule has 3 aromatic heterocycles. The van der Waals surface area contributed by atoms with Gasteiger partial charge in [0.2, 0.25) is 0 Å². The minimum absolute atomic E-state index is 0.398. The van der Waals surface area contributed by atoms with Crippen molar-refractivity contribution in [2.24, 2.45) is 0 Å². The first kappa shape index (κ1) is 18.4. The standard InChI is InChI=1S/C23H22N4S/c1-16(26(2)3)13-27-14-22(21-8-17(10-24)4-5-23(21)27)20-9-19(11-25-12-20)18-6-7-28-15-18/h4-9,11-12,14-16H,13H2,1-3H3. The third kappa shape index (κ3) is 3.45. The molecule has 0 aliphatic rings. The fraction of sp³-hybridized carbons (Fsp3) is 0.217. The molecule has 5 heteroatoms. The number of nitriles is 1. The molecular weight excluding hydrogens is 364 g/mol. The molecule has 1 aromatic carbocycles. The highest BCUT2D eigenvalue weighted by molar-refractivity contribution is 7.08. The summed E-state index contributed by atoms with van der Waals surface area (Å²) in [6.45, 7) is 3.10. The first-order chi connectivity index (χ1) is 13.6. The van der Waals surface area contributed by atoms with Crippen LogP contribution in [0.2, 0.25) is 0 Å². The Morgan fingerprint density at radius 3 is 2.68 bits per heavy atom. The Kier molecular flexibility index (Phi) is 4.99. The predicted molar refractivity (Wildman–Crippen MR) is 116 cm³/mol. The van der Waals surface area contributed by atoms with Crippen LogP contribution in [0.15, 0.2) is 59.7 Å². The quantitative estimate of drug-likeness (QED) is 0.470. The Balaban J connectivity index is 1.87. The summed E-state index contributed by atoms with van der Waals surface area (Å²) in [5, 5.41) is 14.7. The third-order valence-electron chi connectivity index (χ3n) is 5.26. The van der Waals surface area contributed by atoms with Crippen LogP contribution in [0.1, 0.15) is 12.5 Å². The summed E-state index contributed by atoms with van der Waals surface area (Å²) in [5.74, 6) is 0. The van der Waals surface area contributed by atoms with Gasteiger partial charge < -0.3 is 9.47 Å². The van der Waals surface area contributed by atoms with Gasteiger partial charge in [-0.25, -0.2) is 0 Å². The van der Waals surface area contributed by atoms with Crippen LogP contribution >= 0.6 is 11.3 Å². The number of benzene rings is 1. The van der Waals surface area contributed by atoms with Crippen molar-refractivity contribution in [1.29, 1.82) is 5.26 Å². The van der Waals surface area contributed by atoms with E-state index in [1.807, 2.05) is 24.5 Å². The maximum absolute atomic E-state index is 9.38. The van der Waals surface area contributed by atoms with Crippen LogP contribution in [-0.2, 0) is 6.54 Å². The fourth-order valence-corrected chi connectivity index (χ4v) is 4.03. The monoisotopic (exact) mass is 386 g/mol. The third-order valence-corrected chi connectivity index (χ3v) is 5.94. The highest BCUT2D eigenvalue weighted by Gasteiger charge is 2.15. The van der Waals surface area contributed by atoms with Crippen LogP contribution in [0.4, 0.5) is 0 Å². The molecule has 0 spiro atoms. The van der Waals surface area contributed by atoms with Gasteiger partial charge >= 0.3 is 0 Å². The van der Waals surface area contributed by atoms with Crippen molar-refractivity contribution in [3.05, 3.63) is 65.2 Å². The molecule has 0 fully saturated rings. The Morgan fingerprint density at radius 2 is 1.96 bits per heavy atom. The molecule has 0 radical (unpaired) electrons. The number of hydrogen-bond acceptors (Lipinski definition) is 4. The van der Waals surface area contributed by atoms with E-state index in [-0.39, 0.29) is 0 Å². The lowest BCUT2D eigenvalue weighted by molar-refractivity contribution is 0.286. The predicted octanol–water partition coefficient (Wildman–Crippen LogP) is 5.25. The van der Waals surface area contributed by atoms with Gasteiger partial charge in [0.15, 0.2) is 0 Å². The van der Waals surface area contributed by atoms with Crippen molar-refractivity contribution in [2.75, 3.05) is 14.1 Å². The molecule has 0 amide bonds. The molecule has 0 saturated carbocycles. The molecule has 28 heavy (non-hydrogen) atoms. The topological polar surface area (TPSA) is 44.9 Å². The molecule has 0 N–H and O–H groups in total. The average molecular weight is 387 g/mol. The van der Waals surface area contributed by atoms with E-state index in [2.05, 4.69) is 76.7 Å². The maximum Gasteiger partial charge on any atom is 0.0991 e. The van der Waals surface area contributed by atoms with Gasteiger partial charge in [-0.1, -0.05) is 0 Å². The lowest BCUT2D eigenvalue weighted by Crippen LogP contribution is -2.28. The second kappa shape index (κ2) is 7.59. The van der Waals surface area contributed by atoms with Crippen LogP contribution in [0.3, 0.4) is 0 Å². The summed E-state index contributed by atoms with van der Waals surface area (Å²) in [7, 11) is 4.19. The highest BCUT2D eigenvalue weighted by atomic mass is 32.1. The largest absolute Gasteiger partial charge is 0.345 e. The van der Waals surface area contributed by atoms with Gasteiger partial charge in [0, 0.05) is 58.8 Å². The van der Waals surface area contributed by atoms with Crippen molar-refractivity contribution in [3.63, 3.8) is 0 Å². The molecule has 1 unspecified atom stereocenters. The number of thiophene rings is 1. The van der Waals surface area contributed by atoms with Crippen molar-refractivity contribution < 1.29 is 0 Å². The molecule has 0 bridgehead atoms. The van der Waals surface area contributed by atoms with Crippen LogP contribution < -0.4 is 0 Å². The Labute approximate surface area is 169 Å². The van der Waals surface area contributed by atoms with E-state index >= 15 is 0 Å². The number of aromatic nitrogens is 2. The lowest BCUT2D eigenvalue weighted by Gasteiger charge is -2.20. The maximum atomic E-state index is 9.38. The number of hydrogen-bond donors (Lipinski definition) is 0. The lowest BCUT2D eigenvalue weighted by atomic mass is 10.0. The zero-order chi connectivity index (χ0) is 19.7. The molecule has 4 rings (SSSR count). The molecule has 140 valence electrons. The van der Waals surface area contributed by atoms with Gasteiger partial charge in [-0.15, -0.1) is 0 Å². The molecule has 4 aromatic rings. The first-order valence-corrected chi connectivity index (χ1v) is 10.2. The van der Waals surface area contributed by atoms with E-state index in [1.165, 1.54) is 5.56 Å². The van der Waals surface area contributed by atoms with E-state index in [9.17, 15) is 5.26 Å². The first-order valence-electron chi connectivity index (χ1n) is 9.24. The minimum atomic E-state index is 0.398. The molecule has 3 heterocycles. The van der Waals surface area contributed by atoms with Crippen LogP contribution in [0, 0.1) is 11.3 Å². The number of pyridine rings is 1. The number of fused-ring (bicyclic) bond motifs is 1. The zero-order valence-corrected chi connectivity index (χ0v) is 17.1. The van der Waals surface area contributed by atoms with Gasteiger partial charge in [0.25, 0.3) is 0 Å². The zero-order valence-electron chi connectivity index (χ0n) is 16.3. The normalized spacial score (nSPS) is 12.4. The Hall–Kier alpha value is -2.94. The Bertz CT molecular complexity index is 1150. The number of likely N-dealkylation sites (N-methyl/N-ethyl adjacent to an activating group) is 1. The Morgan fingerprint density at radius 1 is 1.14 bits per heavy atom. The van der Waals surface area contributed by atoms with Crippen LogP contribution in [0.5, 0.6) is 0 Å². The summed E-state index contributed by atoms with van der Waals surface area (Å²) in [6.07, 6.45) is 6.00. The summed E-state index contributed by atoms with van der Waals surface area (Å²) < 4.78 is 2.29. The average Bonchev–Trinajstić information content (AvgIpc) is 3.36. The summed E-state index contributed by atoms with van der Waals surface area (Å²) >= 11 is 1.68. The minimum Gasteiger partial charge on any atom is -0.345 e. The summed E-state index contributed by atoms with van der Waals surface area (Å²) in [5.41, 5.74) is 6.29. The summed E-state index contributed by atoms with van der Waals surface area (Å²) in [4.78, 5) is 6.70. The molecule has 0 aliphatic heterocycles. The van der Waals surface area contributed by atoms with E-state index < -0.39 is 0 Å². The number of rotatable bonds is 5.